The smallest absolute Gasteiger partial charge is 0.267 e. The van der Waals surface area contributed by atoms with Crippen LogP contribution >= 0.6 is 11.6 Å². The molecule has 0 aromatic heterocycles. The number of anilines is 1. The quantitative estimate of drug-likeness (QED) is 0.485. The number of likely N-dealkylation sites (N-methyl/N-ethyl adjacent to an activating group) is 1. The minimum atomic E-state index is -3.10. The number of amides is 1. The van der Waals surface area contributed by atoms with Gasteiger partial charge in [0.15, 0.2) is 9.84 Å². The molecule has 1 N–H and O–H groups in total. The average Bonchev–Trinajstić information content (AvgIpc) is 3.01. The first-order chi connectivity index (χ1) is 13.6. The van der Waals surface area contributed by atoms with Gasteiger partial charge in [0.05, 0.1) is 23.6 Å². The topological polar surface area (TPSA) is 103 Å². The molecule has 1 amide bonds. The van der Waals surface area contributed by atoms with Crippen molar-refractivity contribution in [2.75, 3.05) is 51.1 Å². The Morgan fingerprint density at radius 3 is 2.66 bits per heavy atom. The number of carbonyl (C=O) groups is 1. The fourth-order valence-corrected chi connectivity index (χ4v) is 4.95. The van der Waals surface area contributed by atoms with E-state index in [4.69, 9.17) is 16.3 Å². The van der Waals surface area contributed by atoms with E-state index in [2.05, 4.69) is 5.32 Å². The fourth-order valence-electron chi connectivity index (χ4n) is 2.95. The minimum absolute atomic E-state index is 0.0192. The number of hydrogen-bond acceptors (Lipinski definition) is 7. The lowest BCUT2D eigenvalue weighted by Crippen LogP contribution is -2.37. The Bertz CT molecular complexity index is 925. The van der Waals surface area contributed by atoms with Crippen LogP contribution in [0.5, 0.6) is 5.75 Å². The summed E-state index contributed by atoms with van der Waals surface area (Å²) in [7, 11) is 2.19. The third kappa shape index (κ3) is 6.63. The van der Waals surface area contributed by atoms with Crippen molar-refractivity contribution >= 4 is 33.0 Å². The summed E-state index contributed by atoms with van der Waals surface area (Å²) >= 11 is 6.07. The van der Waals surface area contributed by atoms with E-state index in [1.165, 1.54) is 19.4 Å². The number of methoxy groups -OCH3 is 1. The van der Waals surface area contributed by atoms with E-state index in [1.54, 1.807) is 17.0 Å². The van der Waals surface area contributed by atoms with Crippen molar-refractivity contribution in [3.63, 3.8) is 0 Å². The zero-order valence-corrected chi connectivity index (χ0v) is 18.3. The van der Waals surface area contributed by atoms with Gasteiger partial charge in [-0.05, 0) is 38.7 Å². The zero-order valence-electron chi connectivity index (χ0n) is 16.7. The van der Waals surface area contributed by atoms with Crippen molar-refractivity contribution < 1.29 is 17.9 Å². The largest absolute Gasteiger partial charge is 0.495 e. The molecule has 8 nitrogen and oxygen atoms in total. The number of carbonyl (C=O) groups excluding carboxylic acids is 1. The molecule has 1 heterocycles. The fraction of sp³-hybridized carbons (Fsp3) is 0.474. The van der Waals surface area contributed by atoms with Crippen LogP contribution in [0.15, 0.2) is 30.0 Å². The van der Waals surface area contributed by atoms with Crippen LogP contribution in [0, 0.1) is 11.3 Å². The second-order valence-electron chi connectivity index (χ2n) is 7.06. The summed E-state index contributed by atoms with van der Waals surface area (Å²) in [5.41, 5.74) is 0.310. The lowest BCUT2D eigenvalue weighted by molar-refractivity contribution is -0.112. The average molecular weight is 441 g/mol. The van der Waals surface area contributed by atoms with Crippen LogP contribution in [-0.4, -0.2) is 76.0 Å². The SMILES string of the molecule is COc1ccc(NC(=O)/C(C#N)=C\N(CCN(C)C)C2CCS(=O)(=O)C2)cc1Cl. The van der Waals surface area contributed by atoms with Crippen LogP contribution in [0.4, 0.5) is 5.69 Å². The number of ether oxygens (including phenoxy) is 1. The highest BCUT2D eigenvalue weighted by Gasteiger charge is 2.31. The second-order valence-corrected chi connectivity index (χ2v) is 9.69. The third-order valence-electron chi connectivity index (χ3n) is 4.55. The Labute approximate surface area is 176 Å². The molecule has 0 bridgehead atoms. The van der Waals surface area contributed by atoms with E-state index in [9.17, 15) is 18.5 Å². The number of sulfone groups is 1. The summed E-state index contributed by atoms with van der Waals surface area (Å²) in [5, 5.41) is 12.5. The standard InChI is InChI=1S/C19H25ClN4O4S/c1-23(2)7-8-24(16-6-9-29(26,27)13-16)12-14(11-21)19(25)22-15-4-5-18(28-3)17(20)10-15/h4-5,10,12,16H,6-9,13H2,1-3H3,(H,22,25)/b14-12-. The van der Waals surface area contributed by atoms with Gasteiger partial charge in [-0.1, -0.05) is 11.6 Å². The van der Waals surface area contributed by atoms with Gasteiger partial charge >= 0.3 is 0 Å². The summed E-state index contributed by atoms with van der Waals surface area (Å²) in [6, 6.07) is 6.41. The molecule has 0 saturated carbocycles. The normalized spacial score (nSPS) is 18.3. The van der Waals surface area contributed by atoms with Gasteiger partial charge in [0.1, 0.15) is 17.4 Å². The molecule has 1 aromatic carbocycles. The van der Waals surface area contributed by atoms with Gasteiger partial charge in [-0.2, -0.15) is 5.26 Å². The van der Waals surface area contributed by atoms with Gasteiger partial charge in [0.2, 0.25) is 0 Å². The molecular formula is C19H25ClN4O4S. The summed E-state index contributed by atoms with van der Waals surface area (Å²) in [6.07, 6.45) is 1.93. The van der Waals surface area contributed by atoms with Gasteiger partial charge in [-0.25, -0.2) is 8.42 Å². The molecule has 0 spiro atoms. The van der Waals surface area contributed by atoms with E-state index in [0.29, 0.717) is 36.0 Å². The van der Waals surface area contributed by atoms with E-state index in [-0.39, 0.29) is 23.1 Å². The molecule has 1 saturated heterocycles. The predicted octanol–water partition coefficient (Wildman–Crippen LogP) is 1.75. The molecule has 158 valence electrons. The number of benzene rings is 1. The monoisotopic (exact) mass is 440 g/mol. The molecule has 2 rings (SSSR count). The first-order valence-electron chi connectivity index (χ1n) is 9.03. The molecule has 1 atom stereocenters. The number of nitrogens with zero attached hydrogens (tertiary/aromatic N) is 3. The van der Waals surface area contributed by atoms with Gasteiger partial charge in [0, 0.05) is 31.0 Å². The molecule has 1 aromatic rings. The molecule has 0 radical (unpaired) electrons. The number of halogens is 1. The lowest BCUT2D eigenvalue weighted by atomic mass is 10.2. The van der Waals surface area contributed by atoms with Crippen LogP contribution in [0.2, 0.25) is 5.02 Å². The summed E-state index contributed by atoms with van der Waals surface area (Å²) in [5.74, 6) is 0.00996. The van der Waals surface area contributed by atoms with Crippen LogP contribution in [0.25, 0.3) is 0 Å². The van der Waals surface area contributed by atoms with Gasteiger partial charge in [-0.3, -0.25) is 4.79 Å². The van der Waals surface area contributed by atoms with Crippen LogP contribution in [0.1, 0.15) is 6.42 Å². The van der Waals surface area contributed by atoms with Crippen LogP contribution in [0.3, 0.4) is 0 Å². The van der Waals surface area contributed by atoms with Crippen LogP contribution < -0.4 is 10.1 Å². The first kappa shape index (κ1) is 23.0. The number of rotatable bonds is 8. The molecule has 1 aliphatic rings. The minimum Gasteiger partial charge on any atom is -0.495 e. The molecule has 10 heteroatoms. The van der Waals surface area contributed by atoms with Gasteiger partial charge in [-0.15, -0.1) is 0 Å². The Morgan fingerprint density at radius 1 is 1.41 bits per heavy atom. The molecule has 1 unspecified atom stereocenters. The summed E-state index contributed by atoms with van der Waals surface area (Å²) < 4.78 is 28.8. The van der Waals surface area contributed by atoms with E-state index >= 15 is 0 Å². The first-order valence-corrected chi connectivity index (χ1v) is 11.2. The lowest BCUT2D eigenvalue weighted by Gasteiger charge is -2.28. The Kier molecular flexibility index (Phi) is 7.90. The van der Waals surface area contributed by atoms with Crippen molar-refractivity contribution in [3.05, 3.63) is 35.0 Å². The van der Waals surface area contributed by atoms with E-state index in [0.717, 1.165) is 0 Å². The number of nitriles is 1. The molecule has 29 heavy (non-hydrogen) atoms. The highest BCUT2D eigenvalue weighted by atomic mass is 35.5. The maximum Gasteiger partial charge on any atom is 0.267 e. The Morgan fingerprint density at radius 2 is 2.14 bits per heavy atom. The van der Waals surface area contributed by atoms with Gasteiger partial charge < -0.3 is 19.9 Å². The van der Waals surface area contributed by atoms with E-state index in [1.807, 2.05) is 25.1 Å². The summed E-state index contributed by atoms with van der Waals surface area (Å²) in [6.45, 7) is 1.15. The van der Waals surface area contributed by atoms with Crippen molar-refractivity contribution in [2.24, 2.45) is 0 Å². The highest BCUT2D eigenvalue weighted by molar-refractivity contribution is 7.91. The second kappa shape index (κ2) is 9.96. The molecule has 1 aliphatic heterocycles. The zero-order chi connectivity index (χ0) is 21.6. The molecular weight excluding hydrogens is 416 g/mol. The Balaban J connectivity index is 2.20. The maximum absolute atomic E-state index is 12.6. The molecule has 1 fully saturated rings. The van der Waals surface area contributed by atoms with E-state index < -0.39 is 15.7 Å². The van der Waals surface area contributed by atoms with Crippen molar-refractivity contribution in [3.8, 4) is 11.8 Å². The highest BCUT2D eigenvalue weighted by Crippen LogP contribution is 2.27. The van der Waals surface area contributed by atoms with Crippen molar-refractivity contribution in [1.82, 2.24) is 9.80 Å². The molecule has 0 aliphatic carbocycles. The number of nitrogens with one attached hydrogen (secondary N) is 1. The summed E-state index contributed by atoms with van der Waals surface area (Å²) in [4.78, 5) is 16.3. The van der Waals surface area contributed by atoms with Crippen molar-refractivity contribution in [1.29, 1.82) is 5.26 Å². The maximum atomic E-state index is 12.6. The van der Waals surface area contributed by atoms with Crippen molar-refractivity contribution in [2.45, 2.75) is 12.5 Å². The third-order valence-corrected chi connectivity index (χ3v) is 6.60. The number of hydrogen-bond donors (Lipinski definition) is 1. The van der Waals surface area contributed by atoms with Crippen LogP contribution in [-0.2, 0) is 14.6 Å². The van der Waals surface area contributed by atoms with Gasteiger partial charge in [0.25, 0.3) is 5.91 Å². The Hall–Kier alpha value is -2.28. The predicted molar refractivity (Wildman–Crippen MR) is 113 cm³/mol.